The fraction of sp³-hybridized carbons (Fsp3) is 0.500. The van der Waals surface area contributed by atoms with Gasteiger partial charge in [0, 0.05) is 5.56 Å². The van der Waals surface area contributed by atoms with Gasteiger partial charge in [0.1, 0.15) is 0 Å². The lowest BCUT2D eigenvalue weighted by Crippen LogP contribution is -2.09. The van der Waals surface area contributed by atoms with E-state index < -0.39 is 6.16 Å². The number of ether oxygens (including phenoxy) is 1. The SMILES string of the molecule is Cc1ccc(OC(=O)O)c(O)c1C1CCCCC1. The van der Waals surface area contributed by atoms with Crippen LogP contribution in [0.2, 0.25) is 0 Å². The Morgan fingerprint density at radius 2 is 1.94 bits per heavy atom. The molecule has 0 saturated heterocycles. The van der Waals surface area contributed by atoms with Gasteiger partial charge in [-0.1, -0.05) is 25.3 Å². The Bertz CT molecular complexity index is 447. The smallest absolute Gasteiger partial charge is 0.504 e. The predicted molar refractivity (Wildman–Crippen MR) is 67.3 cm³/mol. The molecule has 4 nitrogen and oxygen atoms in total. The molecule has 0 radical (unpaired) electrons. The second-order valence-corrected chi connectivity index (χ2v) is 4.85. The molecule has 0 heterocycles. The quantitative estimate of drug-likeness (QED) is 0.618. The van der Waals surface area contributed by atoms with Crippen molar-refractivity contribution in [1.82, 2.24) is 0 Å². The number of phenolic OH excluding ortho intramolecular Hbond substituents is 1. The van der Waals surface area contributed by atoms with Gasteiger partial charge < -0.3 is 14.9 Å². The van der Waals surface area contributed by atoms with Gasteiger partial charge in [-0.15, -0.1) is 0 Å². The molecule has 0 bridgehead atoms. The summed E-state index contributed by atoms with van der Waals surface area (Å²) in [6.45, 7) is 1.94. The number of aromatic hydroxyl groups is 1. The molecule has 4 heteroatoms. The fourth-order valence-corrected chi connectivity index (χ4v) is 2.77. The van der Waals surface area contributed by atoms with Crippen molar-refractivity contribution in [3.05, 3.63) is 23.3 Å². The molecule has 0 atom stereocenters. The highest BCUT2D eigenvalue weighted by Crippen LogP contribution is 2.43. The molecule has 1 aliphatic carbocycles. The standard InChI is InChI=1S/C14H18O4/c1-9-7-8-11(18-14(16)17)13(15)12(9)10-5-3-2-4-6-10/h7-8,10,15H,2-6H2,1H3,(H,16,17). The van der Waals surface area contributed by atoms with Gasteiger partial charge in [-0.3, -0.25) is 0 Å². The lowest BCUT2D eigenvalue weighted by molar-refractivity contribution is 0.142. The summed E-state index contributed by atoms with van der Waals surface area (Å²) in [5.41, 5.74) is 1.85. The number of phenols is 1. The number of hydrogen-bond acceptors (Lipinski definition) is 3. The lowest BCUT2D eigenvalue weighted by atomic mass is 9.82. The number of benzene rings is 1. The predicted octanol–water partition coefficient (Wildman–Crippen LogP) is 3.81. The van der Waals surface area contributed by atoms with Crippen LogP contribution in [-0.4, -0.2) is 16.4 Å². The first-order valence-electron chi connectivity index (χ1n) is 6.33. The van der Waals surface area contributed by atoms with Gasteiger partial charge in [0.2, 0.25) is 0 Å². The molecular formula is C14H18O4. The van der Waals surface area contributed by atoms with Crippen molar-refractivity contribution in [1.29, 1.82) is 0 Å². The van der Waals surface area contributed by atoms with Crippen molar-refractivity contribution in [3.8, 4) is 11.5 Å². The van der Waals surface area contributed by atoms with Crippen molar-refractivity contribution < 1.29 is 19.7 Å². The van der Waals surface area contributed by atoms with Crippen molar-refractivity contribution in [2.24, 2.45) is 0 Å². The molecule has 1 aromatic carbocycles. The fourth-order valence-electron chi connectivity index (χ4n) is 2.77. The van der Waals surface area contributed by atoms with E-state index in [1.807, 2.05) is 13.0 Å². The maximum Gasteiger partial charge on any atom is 0.511 e. The second kappa shape index (κ2) is 5.29. The van der Waals surface area contributed by atoms with Crippen LogP contribution < -0.4 is 4.74 Å². The first kappa shape index (κ1) is 12.7. The average molecular weight is 250 g/mol. The Hall–Kier alpha value is -1.71. The maximum absolute atomic E-state index is 10.6. The van der Waals surface area contributed by atoms with Gasteiger partial charge in [-0.2, -0.15) is 0 Å². The summed E-state index contributed by atoms with van der Waals surface area (Å²) < 4.78 is 4.60. The van der Waals surface area contributed by atoms with Crippen LogP contribution in [0.25, 0.3) is 0 Å². The molecule has 18 heavy (non-hydrogen) atoms. The van der Waals surface area contributed by atoms with Crippen LogP contribution in [0, 0.1) is 6.92 Å². The molecule has 1 aliphatic rings. The van der Waals surface area contributed by atoms with E-state index in [1.165, 1.54) is 12.5 Å². The van der Waals surface area contributed by atoms with E-state index in [1.54, 1.807) is 0 Å². The molecule has 0 aliphatic heterocycles. The summed E-state index contributed by atoms with van der Waals surface area (Å²) in [6, 6.07) is 3.31. The molecule has 1 saturated carbocycles. The van der Waals surface area contributed by atoms with E-state index in [2.05, 4.69) is 4.74 Å². The molecule has 98 valence electrons. The third-order valence-electron chi connectivity index (χ3n) is 3.61. The first-order valence-corrected chi connectivity index (χ1v) is 6.33. The van der Waals surface area contributed by atoms with Gasteiger partial charge in [0.25, 0.3) is 0 Å². The first-order chi connectivity index (χ1) is 8.59. The second-order valence-electron chi connectivity index (χ2n) is 4.85. The van der Waals surface area contributed by atoms with Crippen LogP contribution in [-0.2, 0) is 0 Å². The summed E-state index contributed by atoms with van der Waals surface area (Å²) in [6.07, 6.45) is 4.25. The van der Waals surface area contributed by atoms with Crippen LogP contribution in [0.5, 0.6) is 11.5 Å². The van der Waals surface area contributed by atoms with E-state index in [9.17, 15) is 9.90 Å². The van der Waals surface area contributed by atoms with Crippen LogP contribution >= 0.6 is 0 Å². The van der Waals surface area contributed by atoms with Gasteiger partial charge in [0.15, 0.2) is 11.5 Å². The molecular weight excluding hydrogens is 232 g/mol. The number of carbonyl (C=O) groups is 1. The summed E-state index contributed by atoms with van der Waals surface area (Å²) >= 11 is 0. The highest BCUT2D eigenvalue weighted by Gasteiger charge is 2.23. The van der Waals surface area contributed by atoms with Gasteiger partial charge >= 0.3 is 6.16 Å². The van der Waals surface area contributed by atoms with Crippen molar-refractivity contribution in [2.45, 2.75) is 44.9 Å². The van der Waals surface area contributed by atoms with Crippen molar-refractivity contribution >= 4 is 6.16 Å². The van der Waals surface area contributed by atoms with Gasteiger partial charge in [-0.05, 0) is 37.3 Å². The minimum Gasteiger partial charge on any atom is -0.504 e. The zero-order valence-corrected chi connectivity index (χ0v) is 10.5. The average Bonchev–Trinajstić information content (AvgIpc) is 2.34. The third kappa shape index (κ3) is 2.58. The van der Waals surface area contributed by atoms with E-state index in [0.717, 1.165) is 36.8 Å². The number of aryl methyl sites for hydroxylation is 1. The van der Waals surface area contributed by atoms with Crippen molar-refractivity contribution in [2.75, 3.05) is 0 Å². The van der Waals surface area contributed by atoms with E-state index in [4.69, 9.17) is 5.11 Å². The highest BCUT2D eigenvalue weighted by atomic mass is 16.7. The molecule has 1 fully saturated rings. The highest BCUT2D eigenvalue weighted by molar-refractivity contribution is 5.64. The largest absolute Gasteiger partial charge is 0.511 e. The number of carboxylic acid groups (broad SMARTS) is 1. The van der Waals surface area contributed by atoms with Gasteiger partial charge in [0.05, 0.1) is 0 Å². The molecule has 0 aromatic heterocycles. The number of rotatable bonds is 2. The van der Waals surface area contributed by atoms with Crippen LogP contribution in [0.15, 0.2) is 12.1 Å². The summed E-state index contributed by atoms with van der Waals surface area (Å²) in [7, 11) is 0. The monoisotopic (exact) mass is 250 g/mol. The Morgan fingerprint density at radius 1 is 1.28 bits per heavy atom. The zero-order valence-electron chi connectivity index (χ0n) is 10.5. The Morgan fingerprint density at radius 3 is 2.56 bits per heavy atom. The molecule has 2 N–H and O–H groups in total. The van der Waals surface area contributed by atoms with Crippen LogP contribution in [0.1, 0.15) is 49.1 Å². The minimum atomic E-state index is -1.40. The molecule has 2 rings (SSSR count). The Kier molecular flexibility index (Phi) is 3.75. The maximum atomic E-state index is 10.6. The Balaban J connectivity index is 2.35. The topological polar surface area (TPSA) is 66.8 Å². The molecule has 1 aromatic rings. The van der Waals surface area contributed by atoms with E-state index in [0.29, 0.717) is 5.92 Å². The Labute approximate surface area is 106 Å². The third-order valence-corrected chi connectivity index (χ3v) is 3.61. The van der Waals surface area contributed by atoms with Crippen LogP contribution in [0.3, 0.4) is 0 Å². The molecule has 0 amide bonds. The van der Waals surface area contributed by atoms with E-state index >= 15 is 0 Å². The number of hydrogen-bond donors (Lipinski definition) is 2. The summed E-state index contributed by atoms with van der Waals surface area (Å²) in [5, 5.41) is 18.8. The lowest BCUT2D eigenvalue weighted by Gasteiger charge is -2.25. The van der Waals surface area contributed by atoms with E-state index in [-0.39, 0.29) is 11.5 Å². The summed E-state index contributed by atoms with van der Waals surface area (Å²) in [4.78, 5) is 10.6. The van der Waals surface area contributed by atoms with Crippen molar-refractivity contribution in [3.63, 3.8) is 0 Å². The minimum absolute atomic E-state index is 0.00991. The van der Waals surface area contributed by atoms with Gasteiger partial charge in [-0.25, -0.2) is 4.79 Å². The molecule has 0 spiro atoms. The summed E-state index contributed by atoms with van der Waals surface area (Å²) in [5.74, 6) is 0.342. The zero-order chi connectivity index (χ0) is 13.1. The van der Waals surface area contributed by atoms with Crippen LogP contribution in [0.4, 0.5) is 4.79 Å². The molecule has 0 unspecified atom stereocenters. The normalized spacial score (nSPS) is 16.5.